The molecule has 0 spiro atoms. The van der Waals surface area contributed by atoms with E-state index in [1.807, 2.05) is 6.92 Å². The van der Waals surface area contributed by atoms with Gasteiger partial charge in [0, 0.05) is 12.1 Å². The number of oxazole rings is 1. The molecule has 6 nitrogen and oxygen atoms in total. The van der Waals surface area contributed by atoms with Crippen LogP contribution in [0.5, 0.6) is 0 Å². The van der Waals surface area contributed by atoms with Crippen LogP contribution in [0, 0.1) is 19.7 Å². The fourth-order valence-corrected chi connectivity index (χ4v) is 1.88. The van der Waals surface area contributed by atoms with Crippen molar-refractivity contribution in [3.05, 3.63) is 53.0 Å². The summed E-state index contributed by atoms with van der Waals surface area (Å²) in [6.07, 6.45) is -1.11. The molecule has 0 radical (unpaired) electrons. The monoisotopic (exact) mass is 307 g/mol. The Morgan fingerprint density at radius 3 is 2.73 bits per heavy atom. The summed E-state index contributed by atoms with van der Waals surface area (Å²) in [5.74, 6) is 0.593. The molecule has 0 aliphatic rings. The number of carbonyl (C=O) groups excluding carboxylic acids is 1. The predicted molar refractivity (Wildman–Crippen MR) is 77.6 cm³/mol. The molecule has 7 heteroatoms. The van der Waals surface area contributed by atoms with Crippen LogP contribution in [-0.4, -0.2) is 22.7 Å². The third-order valence-electron chi connectivity index (χ3n) is 3.19. The van der Waals surface area contributed by atoms with Gasteiger partial charge in [0.05, 0.1) is 18.3 Å². The van der Waals surface area contributed by atoms with E-state index in [2.05, 4.69) is 15.6 Å². The minimum absolute atomic E-state index is 0.101. The van der Waals surface area contributed by atoms with Gasteiger partial charge >= 0.3 is 6.03 Å². The van der Waals surface area contributed by atoms with Gasteiger partial charge in [0.2, 0.25) is 5.89 Å². The van der Waals surface area contributed by atoms with Gasteiger partial charge in [-0.25, -0.2) is 14.2 Å². The Labute approximate surface area is 127 Å². The van der Waals surface area contributed by atoms with Gasteiger partial charge in [-0.3, -0.25) is 0 Å². The number of aliphatic hydroxyl groups excluding tert-OH is 1. The lowest BCUT2D eigenvalue weighted by Crippen LogP contribution is -2.37. The van der Waals surface area contributed by atoms with E-state index in [0.717, 1.165) is 5.69 Å². The van der Waals surface area contributed by atoms with Gasteiger partial charge in [0.15, 0.2) is 0 Å². The first-order chi connectivity index (χ1) is 10.5. The molecule has 0 fully saturated rings. The van der Waals surface area contributed by atoms with Crippen molar-refractivity contribution in [1.29, 1.82) is 0 Å². The number of aliphatic hydroxyl groups is 1. The third-order valence-corrected chi connectivity index (χ3v) is 3.19. The van der Waals surface area contributed by atoms with E-state index < -0.39 is 18.0 Å². The lowest BCUT2D eigenvalue weighted by atomic mass is 10.1. The Balaban J connectivity index is 1.79. The average molecular weight is 307 g/mol. The fourth-order valence-electron chi connectivity index (χ4n) is 1.88. The largest absolute Gasteiger partial charge is 0.444 e. The Morgan fingerprint density at radius 2 is 2.09 bits per heavy atom. The van der Waals surface area contributed by atoms with Gasteiger partial charge in [0.25, 0.3) is 0 Å². The zero-order chi connectivity index (χ0) is 16.1. The standard InChI is InChI=1S/C15H18FN3O3/c1-9-10(2)22-14(19-9)8-18-15(21)17-7-13(20)11-5-3-4-6-12(11)16/h3-6,13,20H,7-8H2,1-2H3,(H2,17,18,21). The van der Waals surface area contributed by atoms with Gasteiger partial charge in [-0.2, -0.15) is 0 Å². The Bertz CT molecular complexity index is 638. The van der Waals surface area contributed by atoms with Crippen molar-refractivity contribution in [2.24, 2.45) is 0 Å². The van der Waals surface area contributed by atoms with E-state index in [9.17, 15) is 14.3 Å². The molecule has 0 saturated carbocycles. The molecule has 0 bridgehead atoms. The minimum atomic E-state index is -1.11. The lowest BCUT2D eigenvalue weighted by molar-refractivity contribution is 0.168. The lowest BCUT2D eigenvalue weighted by Gasteiger charge is -2.13. The van der Waals surface area contributed by atoms with Crippen molar-refractivity contribution in [1.82, 2.24) is 15.6 Å². The van der Waals surface area contributed by atoms with Crippen LogP contribution < -0.4 is 10.6 Å². The molecule has 1 atom stereocenters. The van der Waals surface area contributed by atoms with Crippen LogP contribution in [0.25, 0.3) is 0 Å². The second-order valence-electron chi connectivity index (χ2n) is 4.85. The quantitative estimate of drug-likeness (QED) is 0.788. The average Bonchev–Trinajstić information content (AvgIpc) is 2.82. The van der Waals surface area contributed by atoms with Crippen LogP contribution in [0.15, 0.2) is 28.7 Å². The molecule has 0 aliphatic heterocycles. The molecular weight excluding hydrogens is 289 g/mol. The predicted octanol–water partition coefficient (Wildman–Crippen LogP) is 1.96. The fraction of sp³-hybridized carbons (Fsp3) is 0.333. The van der Waals surface area contributed by atoms with Crippen molar-refractivity contribution in [2.45, 2.75) is 26.5 Å². The van der Waals surface area contributed by atoms with Gasteiger partial charge in [0.1, 0.15) is 11.6 Å². The molecule has 22 heavy (non-hydrogen) atoms. The number of nitrogens with one attached hydrogen (secondary N) is 2. The topological polar surface area (TPSA) is 87.4 Å². The summed E-state index contributed by atoms with van der Waals surface area (Å²) in [6.45, 7) is 3.64. The number of urea groups is 1. The Morgan fingerprint density at radius 1 is 1.36 bits per heavy atom. The SMILES string of the molecule is Cc1nc(CNC(=O)NCC(O)c2ccccc2F)oc1C. The van der Waals surface area contributed by atoms with Crippen LogP contribution in [-0.2, 0) is 6.54 Å². The van der Waals surface area contributed by atoms with Crippen molar-refractivity contribution in [3.63, 3.8) is 0 Å². The summed E-state index contributed by atoms with van der Waals surface area (Å²) in [7, 11) is 0. The summed E-state index contributed by atoms with van der Waals surface area (Å²) < 4.78 is 18.8. The number of benzene rings is 1. The van der Waals surface area contributed by atoms with Crippen LogP contribution >= 0.6 is 0 Å². The molecule has 0 aliphatic carbocycles. The van der Waals surface area contributed by atoms with Crippen LogP contribution in [0.3, 0.4) is 0 Å². The van der Waals surface area contributed by atoms with Gasteiger partial charge in [-0.15, -0.1) is 0 Å². The van der Waals surface area contributed by atoms with Crippen molar-refractivity contribution >= 4 is 6.03 Å². The Kier molecular flexibility index (Phi) is 5.11. The number of aryl methyl sites for hydroxylation is 2. The first-order valence-corrected chi connectivity index (χ1v) is 6.84. The zero-order valence-electron chi connectivity index (χ0n) is 12.4. The van der Waals surface area contributed by atoms with Gasteiger partial charge < -0.3 is 20.2 Å². The highest BCUT2D eigenvalue weighted by Gasteiger charge is 2.13. The smallest absolute Gasteiger partial charge is 0.315 e. The highest BCUT2D eigenvalue weighted by atomic mass is 19.1. The molecule has 1 unspecified atom stereocenters. The molecular formula is C15H18FN3O3. The number of rotatable bonds is 5. The number of hydrogen-bond donors (Lipinski definition) is 3. The van der Waals surface area contributed by atoms with E-state index in [1.54, 1.807) is 13.0 Å². The molecule has 0 saturated heterocycles. The molecule has 3 N–H and O–H groups in total. The minimum Gasteiger partial charge on any atom is -0.444 e. The molecule has 1 aromatic carbocycles. The molecule has 118 valence electrons. The van der Waals surface area contributed by atoms with Crippen LogP contribution in [0.1, 0.15) is 29.0 Å². The van der Waals surface area contributed by atoms with Crippen molar-refractivity contribution in [2.75, 3.05) is 6.54 Å². The number of carbonyl (C=O) groups is 1. The summed E-state index contributed by atoms with van der Waals surface area (Å²) >= 11 is 0. The second-order valence-corrected chi connectivity index (χ2v) is 4.85. The maximum atomic E-state index is 13.5. The first-order valence-electron chi connectivity index (χ1n) is 6.84. The summed E-state index contributed by atoms with van der Waals surface area (Å²) in [5.41, 5.74) is 0.911. The van der Waals surface area contributed by atoms with E-state index in [4.69, 9.17) is 4.42 Å². The summed E-state index contributed by atoms with van der Waals surface area (Å²) in [6, 6.07) is 5.38. The molecule has 1 heterocycles. The van der Waals surface area contributed by atoms with E-state index in [1.165, 1.54) is 18.2 Å². The van der Waals surface area contributed by atoms with Crippen molar-refractivity contribution in [3.8, 4) is 0 Å². The highest BCUT2D eigenvalue weighted by Crippen LogP contribution is 2.15. The number of halogens is 1. The summed E-state index contributed by atoms with van der Waals surface area (Å²) in [4.78, 5) is 15.8. The molecule has 2 aromatic rings. The van der Waals surface area contributed by atoms with Gasteiger partial charge in [-0.1, -0.05) is 18.2 Å². The number of aromatic nitrogens is 1. The second kappa shape index (κ2) is 7.04. The molecule has 1 aromatic heterocycles. The summed E-state index contributed by atoms with van der Waals surface area (Å²) in [5, 5.41) is 14.9. The maximum Gasteiger partial charge on any atom is 0.315 e. The van der Waals surface area contributed by atoms with Crippen LogP contribution in [0.4, 0.5) is 9.18 Å². The number of nitrogens with zero attached hydrogens (tertiary/aromatic N) is 1. The van der Waals surface area contributed by atoms with E-state index in [-0.39, 0.29) is 18.7 Å². The van der Waals surface area contributed by atoms with Gasteiger partial charge in [-0.05, 0) is 19.9 Å². The first kappa shape index (κ1) is 16.0. The number of amides is 2. The number of hydrogen-bond acceptors (Lipinski definition) is 4. The normalized spacial score (nSPS) is 12.0. The molecule has 2 amide bonds. The van der Waals surface area contributed by atoms with E-state index >= 15 is 0 Å². The Hall–Kier alpha value is -2.41. The zero-order valence-corrected chi connectivity index (χ0v) is 12.4. The third kappa shape index (κ3) is 4.05. The molecule has 2 rings (SSSR count). The van der Waals surface area contributed by atoms with E-state index in [0.29, 0.717) is 11.7 Å². The van der Waals surface area contributed by atoms with Crippen molar-refractivity contribution < 1.29 is 18.7 Å². The van der Waals surface area contributed by atoms with Crippen LogP contribution in [0.2, 0.25) is 0 Å². The maximum absolute atomic E-state index is 13.5. The highest BCUT2D eigenvalue weighted by molar-refractivity contribution is 5.73.